The first-order chi connectivity index (χ1) is 22.8. The second-order valence-electron chi connectivity index (χ2n) is 11.7. The number of nitrogens with zero attached hydrogens (tertiary/aromatic N) is 3. The summed E-state index contributed by atoms with van der Waals surface area (Å²) in [4.78, 5) is 15.1. The Morgan fingerprint density at radius 1 is 0.261 bits per heavy atom. The topological polar surface area (TPSA) is 38.7 Å². The maximum absolute atomic E-state index is 5.08. The average molecular weight is 586 g/mol. The zero-order chi connectivity index (χ0) is 30.5. The second kappa shape index (κ2) is 10.8. The Balaban J connectivity index is 1.27. The molecule has 0 saturated carbocycles. The third-order valence-corrected chi connectivity index (χ3v) is 8.88. The minimum atomic E-state index is 0.656. The number of benzene rings is 8. The molecule has 9 rings (SSSR count). The lowest BCUT2D eigenvalue weighted by atomic mass is 9.92. The van der Waals surface area contributed by atoms with Gasteiger partial charge in [-0.3, -0.25) is 0 Å². The van der Waals surface area contributed by atoms with Crippen molar-refractivity contribution < 1.29 is 0 Å². The molecule has 0 atom stereocenters. The predicted octanol–water partition coefficient (Wildman–Crippen LogP) is 11.2. The van der Waals surface area contributed by atoms with Gasteiger partial charge in [-0.15, -0.1) is 0 Å². The van der Waals surface area contributed by atoms with Gasteiger partial charge in [0.1, 0.15) is 0 Å². The average Bonchev–Trinajstić information content (AvgIpc) is 3.14. The van der Waals surface area contributed by atoms with Crippen LogP contribution in [0.1, 0.15) is 0 Å². The molecule has 3 heteroatoms. The van der Waals surface area contributed by atoms with Gasteiger partial charge in [0.05, 0.1) is 0 Å². The van der Waals surface area contributed by atoms with Crippen LogP contribution in [-0.2, 0) is 0 Å². The van der Waals surface area contributed by atoms with Gasteiger partial charge in [0.2, 0.25) is 0 Å². The summed E-state index contributed by atoms with van der Waals surface area (Å²) in [5, 5.41) is 9.78. The van der Waals surface area contributed by atoms with E-state index in [9.17, 15) is 0 Å². The highest BCUT2D eigenvalue weighted by atomic mass is 15.0. The lowest BCUT2D eigenvalue weighted by Gasteiger charge is -2.14. The standard InChI is InChI=1S/C43H27N3/c1-3-12-30(13-4-1)41-44-42(31-14-5-2-6-15-31)46-43(45-41)40-27-34(25-33-16-8-10-18-36(33)40)32-20-19-29-22-23-37-35-17-9-7-11-28(35)21-24-38(37)39(29)26-32/h1-27H. The Morgan fingerprint density at radius 3 is 1.48 bits per heavy atom. The molecular weight excluding hydrogens is 558 g/mol. The summed E-state index contributed by atoms with van der Waals surface area (Å²) < 4.78 is 0. The minimum Gasteiger partial charge on any atom is -0.208 e. The van der Waals surface area contributed by atoms with Crippen molar-refractivity contribution in [3.8, 4) is 45.3 Å². The van der Waals surface area contributed by atoms with Crippen molar-refractivity contribution in [2.24, 2.45) is 0 Å². The highest BCUT2D eigenvalue weighted by molar-refractivity contribution is 6.17. The van der Waals surface area contributed by atoms with Crippen LogP contribution in [0.4, 0.5) is 0 Å². The van der Waals surface area contributed by atoms with Gasteiger partial charge >= 0.3 is 0 Å². The van der Waals surface area contributed by atoms with Crippen molar-refractivity contribution in [3.05, 3.63) is 164 Å². The number of hydrogen-bond acceptors (Lipinski definition) is 3. The van der Waals surface area contributed by atoms with Crippen molar-refractivity contribution in [1.82, 2.24) is 15.0 Å². The van der Waals surface area contributed by atoms with Crippen molar-refractivity contribution in [1.29, 1.82) is 0 Å². The zero-order valence-electron chi connectivity index (χ0n) is 24.9. The lowest BCUT2D eigenvalue weighted by molar-refractivity contribution is 1.08. The maximum atomic E-state index is 5.08. The fraction of sp³-hybridized carbons (Fsp3) is 0. The van der Waals surface area contributed by atoms with Gasteiger partial charge in [-0.25, -0.2) is 15.0 Å². The minimum absolute atomic E-state index is 0.656. The molecule has 46 heavy (non-hydrogen) atoms. The maximum Gasteiger partial charge on any atom is 0.164 e. The van der Waals surface area contributed by atoms with Crippen LogP contribution in [0.15, 0.2) is 164 Å². The van der Waals surface area contributed by atoms with E-state index in [0.29, 0.717) is 17.5 Å². The number of rotatable bonds is 4. The van der Waals surface area contributed by atoms with Crippen LogP contribution >= 0.6 is 0 Å². The van der Waals surface area contributed by atoms with E-state index in [1.807, 2.05) is 60.7 Å². The van der Waals surface area contributed by atoms with Crippen molar-refractivity contribution >= 4 is 43.1 Å². The van der Waals surface area contributed by atoms with Crippen LogP contribution in [-0.4, -0.2) is 15.0 Å². The normalized spacial score (nSPS) is 11.5. The van der Waals surface area contributed by atoms with E-state index in [4.69, 9.17) is 15.0 Å². The second-order valence-corrected chi connectivity index (χ2v) is 11.7. The summed E-state index contributed by atoms with van der Waals surface area (Å²) in [6.45, 7) is 0. The fourth-order valence-electron chi connectivity index (χ4n) is 6.59. The molecule has 0 bridgehead atoms. The molecular formula is C43H27N3. The van der Waals surface area contributed by atoms with Gasteiger partial charge in [0.15, 0.2) is 17.5 Å². The first-order valence-corrected chi connectivity index (χ1v) is 15.5. The quantitative estimate of drug-likeness (QED) is 0.193. The molecule has 8 aromatic carbocycles. The molecule has 0 fully saturated rings. The Kier molecular flexibility index (Phi) is 6.14. The van der Waals surface area contributed by atoms with E-state index in [1.165, 1.54) is 32.3 Å². The van der Waals surface area contributed by atoms with Crippen LogP contribution < -0.4 is 0 Å². The van der Waals surface area contributed by atoms with Gasteiger partial charge in [-0.2, -0.15) is 0 Å². The van der Waals surface area contributed by atoms with E-state index in [-0.39, 0.29) is 0 Å². The van der Waals surface area contributed by atoms with Gasteiger partial charge in [-0.05, 0) is 72.4 Å². The van der Waals surface area contributed by atoms with E-state index < -0.39 is 0 Å². The molecule has 0 radical (unpaired) electrons. The number of aromatic nitrogens is 3. The van der Waals surface area contributed by atoms with Gasteiger partial charge in [-0.1, -0.05) is 146 Å². The molecule has 214 valence electrons. The lowest BCUT2D eigenvalue weighted by Crippen LogP contribution is -2.00. The molecule has 0 amide bonds. The van der Waals surface area contributed by atoms with Crippen LogP contribution in [0.3, 0.4) is 0 Å². The SMILES string of the molecule is c1ccc(-c2nc(-c3ccccc3)nc(-c3cc(-c4ccc5ccc6c7ccccc7ccc6c5c4)cc4ccccc34)n2)cc1. The van der Waals surface area contributed by atoms with E-state index in [1.54, 1.807) is 0 Å². The number of fused-ring (bicyclic) bond motifs is 6. The third-order valence-electron chi connectivity index (χ3n) is 8.88. The summed E-state index contributed by atoms with van der Waals surface area (Å²) in [6.07, 6.45) is 0. The van der Waals surface area contributed by atoms with E-state index in [0.717, 1.165) is 38.6 Å². The Morgan fingerprint density at radius 2 is 0.783 bits per heavy atom. The molecule has 0 unspecified atom stereocenters. The number of hydrogen-bond donors (Lipinski definition) is 0. The Labute approximate surface area is 266 Å². The molecule has 9 aromatic rings. The zero-order valence-corrected chi connectivity index (χ0v) is 24.9. The molecule has 1 aromatic heterocycles. The molecule has 0 spiro atoms. The van der Waals surface area contributed by atoms with E-state index >= 15 is 0 Å². The molecule has 0 saturated heterocycles. The van der Waals surface area contributed by atoms with Crippen LogP contribution in [0.5, 0.6) is 0 Å². The van der Waals surface area contributed by atoms with Crippen LogP contribution in [0, 0.1) is 0 Å². The van der Waals surface area contributed by atoms with Crippen LogP contribution in [0.25, 0.3) is 88.4 Å². The Bertz CT molecular complexity index is 2520. The smallest absolute Gasteiger partial charge is 0.164 e. The largest absolute Gasteiger partial charge is 0.208 e. The monoisotopic (exact) mass is 585 g/mol. The van der Waals surface area contributed by atoms with Gasteiger partial charge in [0.25, 0.3) is 0 Å². The van der Waals surface area contributed by atoms with Gasteiger partial charge in [0, 0.05) is 16.7 Å². The summed E-state index contributed by atoms with van der Waals surface area (Å²) in [5.74, 6) is 1.97. The van der Waals surface area contributed by atoms with Crippen LogP contribution in [0.2, 0.25) is 0 Å². The molecule has 3 nitrogen and oxygen atoms in total. The highest BCUT2D eigenvalue weighted by Crippen LogP contribution is 2.37. The molecule has 0 aliphatic carbocycles. The van der Waals surface area contributed by atoms with Crippen molar-refractivity contribution in [2.75, 3.05) is 0 Å². The molecule has 1 heterocycles. The molecule has 0 N–H and O–H groups in total. The highest BCUT2D eigenvalue weighted by Gasteiger charge is 2.16. The van der Waals surface area contributed by atoms with Gasteiger partial charge < -0.3 is 0 Å². The first-order valence-electron chi connectivity index (χ1n) is 15.5. The van der Waals surface area contributed by atoms with Crippen molar-refractivity contribution in [3.63, 3.8) is 0 Å². The Hall–Kier alpha value is -6.19. The summed E-state index contributed by atoms with van der Waals surface area (Å²) in [5.41, 5.74) is 5.17. The first kappa shape index (κ1) is 26.2. The predicted molar refractivity (Wildman–Crippen MR) is 192 cm³/mol. The summed E-state index contributed by atoms with van der Waals surface area (Å²) >= 11 is 0. The fourth-order valence-corrected chi connectivity index (χ4v) is 6.59. The summed E-state index contributed by atoms with van der Waals surface area (Å²) in [6, 6.07) is 57.7. The molecule has 0 aliphatic rings. The van der Waals surface area contributed by atoms with Crippen molar-refractivity contribution in [2.45, 2.75) is 0 Å². The third kappa shape index (κ3) is 4.49. The summed E-state index contributed by atoms with van der Waals surface area (Å²) in [7, 11) is 0. The van der Waals surface area contributed by atoms with E-state index in [2.05, 4.69) is 103 Å². The molecule has 0 aliphatic heterocycles.